The van der Waals surface area contributed by atoms with Gasteiger partial charge in [-0.2, -0.15) is 0 Å². The van der Waals surface area contributed by atoms with E-state index in [1.165, 1.54) is 44.5 Å². The van der Waals surface area contributed by atoms with E-state index in [2.05, 4.69) is 121 Å². The fourth-order valence-corrected chi connectivity index (χ4v) is 4.95. The van der Waals surface area contributed by atoms with Gasteiger partial charge in [0.05, 0.1) is 6.04 Å². The molecule has 0 heterocycles. The molecule has 0 saturated carbocycles. The summed E-state index contributed by atoms with van der Waals surface area (Å²) in [5.74, 6) is 0. The molecule has 1 unspecified atom stereocenters. The first-order valence-electron chi connectivity index (χ1n) is 11.5. The van der Waals surface area contributed by atoms with Gasteiger partial charge in [-0.05, 0) is 80.3 Å². The van der Waals surface area contributed by atoms with Crippen molar-refractivity contribution < 1.29 is 0 Å². The fraction of sp³-hybridized carbons (Fsp3) is 0.0625. The van der Waals surface area contributed by atoms with Crippen molar-refractivity contribution in [3.8, 4) is 33.4 Å². The molecule has 2 N–H and O–H groups in total. The lowest BCUT2D eigenvalue weighted by atomic mass is 9.92. The Morgan fingerprint density at radius 3 is 1.91 bits per heavy atom. The van der Waals surface area contributed by atoms with Crippen LogP contribution in [0.4, 0.5) is 0 Å². The molecule has 5 aromatic rings. The van der Waals surface area contributed by atoms with Crippen molar-refractivity contribution in [3.63, 3.8) is 0 Å². The van der Waals surface area contributed by atoms with Gasteiger partial charge < -0.3 is 5.73 Å². The maximum Gasteiger partial charge on any atom is 0.0552 e. The van der Waals surface area contributed by atoms with E-state index >= 15 is 0 Å². The number of fused-ring (bicyclic) bond motifs is 3. The molecular weight excluding hydrogens is 398 g/mol. The van der Waals surface area contributed by atoms with Crippen LogP contribution < -0.4 is 5.73 Å². The molecule has 33 heavy (non-hydrogen) atoms. The SMILES string of the molecule is NC(c1cccc(-c2cccc(-c3ccccc3)c2)c1)c1ccc2c(c1)-c1ccccc1C2. The van der Waals surface area contributed by atoms with Gasteiger partial charge >= 0.3 is 0 Å². The molecule has 0 spiro atoms. The molecule has 6 rings (SSSR count). The molecular formula is C32H25N. The van der Waals surface area contributed by atoms with Crippen LogP contribution in [0.3, 0.4) is 0 Å². The Hall–Kier alpha value is -3.94. The van der Waals surface area contributed by atoms with E-state index < -0.39 is 0 Å². The van der Waals surface area contributed by atoms with Crippen LogP contribution in [0.1, 0.15) is 28.3 Å². The quantitative estimate of drug-likeness (QED) is 0.310. The standard InChI is InChI=1S/C32H25N/c33-32(29-17-16-27-20-26-10-4-5-15-30(26)31(27)21-29)28-14-7-13-25(19-28)24-12-6-11-23(18-24)22-8-2-1-3-9-22/h1-19,21,32H,20,33H2. The predicted molar refractivity (Wildman–Crippen MR) is 138 cm³/mol. The first-order valence-corrected chi connectivity index (χ1v) is 11.5. The lowest BCUT2D eigenvalue weighted by molar-refractivity contribution is 0.872. The topological polar surface area (TPSA) is 26.0 Å². The van der Waals surface area contributed by atoms with E-state index in [0.29, 0.717) is 0 Å². The summed E-state index contributed by atoms with van der Waals surface area (Å²) < 4.78 is 0. The molecule has 1 aliphatic rings. The van der Waals surface area contributed by atoms with Crippen molar-refractivity contribution in [1.29, 1.82) is 0 Å². The van der Waals surface area contributed by atoms with Crippen LogP contribution in [0, 0.1) is 0 Å². The number of benzene rings is 5. The molecule has 0 aromatic heterocycles. The van der Waals surface area contributed by atoms with Gasteiger partial charge in [0.25, 0.3) is 0 Å². The highest BCUT2D eigenvalue weighted by atomic mass is 14.6. The van der Waals surface area contributed by atoms with Crippen molar-refractivity contribution in [2.45, 2.75) is 12.5 Å². The minimum Gasteiger partial charge on any atom is -0.320 e. The van der Waals surface area contributed by atoms with Gasteiger partial charge in [0.1, 0.15) is 0 Å². The van der Waals surface area contributed by atoms with Crippen LogP contribution >= 0.6 is 0 Å². The van der Waals surface area contributed by atoms with Crippen molar-refractivity contribution >= 4 is 0 Å². The summed E-state index contributed by atoms with van der Waals surface area (Å²) >= 11 is 0. The summed E-state index contributed by atoms with van der Waals surface area (Å²) in [4.78, 5) is 0. The summed E-state index contributed by atoms with van der Waals surface area (Å²) in [6.45, 7) is 0. The average Bonchev–Trinajstić information content (AvgIpc) is 3.27. The number of hydrogen-bond donors (Lipinski definition) is 1. The van der Waals surface area contributed by atoms with Gasteiger partial charge in [0, 0.05) is 0 Å². The third-order valence-corrected chi connectivity index (χ3v) is 6.73. The fourth-order valence-electron chi connectivity index (χ4n) is 4.95. The number of nitrogens with two attached hydrogens (primary N) is 1. The molecule has 5 aromatic carbocycles. The third-order valence-electron chi connectivity index (χ3n) is 6.73. The van der Waals surface area contributed by atoms with Gasteiger partial charge in [-0.15, -0.1) is 0 Å². The Morgan fingerprint density at radius 1 is 0.455 bits per heavy atom. The highest BCUT2D eigenvalue weighted by Gasteiger charge is 2.20. The first kappa shape index (κ1) is 19.7. The van der Waals surface area contributed by atoms with Gasteiger partial charge in [-0.3, -0.25) is 0 Å². The van der Waals surface area contributed by atoms with Crippen molar-refractivity contribution in [2.24, 2.45) is 5.73 Å². The summed E-state index contributed by atoms with van der Waals surface area (Å²) in [7, 11) is 0. The predicted octanol–water partition coefficient (Wildman–Crippen LogP) is 7.64. The van der Waals surface area contributed by atoms with Crippen LogP contribution in [0.2, 0.25) is 0 Å². The molecule has 1 heteroatoms. The van der Waals surface area contributed by atoms with E-state index in [0.717, 1.165) is 17.5 Å². The molecule has 0 radical (unpaired) electrons. The number of hydrogen-bond acceptors (Lipinski definition) is 1. The van der Waals surface area contributed by atoms with Crippen LogP contribution in [-0.2, 0) is 6.42 Å². The second kappa shape index (κ2) is 8.20. The van der Waals surface area contributed by atoms with Crippen LogP contribution in [0.5, 0.6) is 0 Å². The second-order valence-corrected chi connectivity index (χ2v) is 8.80. The van der Waals surface area contributed by atoms with Crippen LogP contribution in [0.25, 0.3) is 33.4 Å². The van der Waals surface area contributed by atoms with Crippen molar-refractivity contribution in [1.82, 2.24) is 0 Å². The Labute approximate surface area is 195 Å². The lowest BCUT2D eigenvalue weighted by Gasteiger charge is -2.16. The third kappa shape index (κ3) is 3.67. The molecule has 1 nitrogen and oxygen atoms in total. The monoisotopic (exact) mass is 423 g/mol. The minimum absolute atomic E-state index is 0.166. The highest BCUT2D eigenvalue weighted by molar-refractivity contribution is 5.77. The maximum absolute atomic E-state index is 6.80. The molecule has 0 bridgehead atoms. The van der Waals surface area contributed by atoms with Gasteiger partial charge in [-0.25, -0.2) is 0 Å². The van der Waals surface area contributed by atoms with Gasteiger partial charge in [0.2, 0.25) is 0 Å². The maximum atomic E-state index is 6.80. The van der Waals surface area contributed by atoms with Crippen molar-refractivity contribution in [2.75, 3.05) is 0 Å². The lowest BCUT2D eigenvalue weighted by Crippen LogP contribution is -2.12. The van der Waals surface area contributed by atoms with E-state index in [4.69, 9.17) is 5.73 Å². The zero-order chi connectivity index (χ0) is 22.2. The van der Waals surface area contributed by atoms with E-state index in [1.54, 1.807) is 0 Å². The summed E-state index contributed by atoms with van der Waals surface area (Å²) in [6.07, 6.45) is 1.01. The minimum atomic E-state index is -0.166. The Morgan fingerprint density at radius 2 is 1.06 bits per heavy atom. The molecule has 0 fully saturated rings. The van der Waals surface area contributed by atoms with Crippen molar-refractivity contribution in [3.05, 3.63) is 144 Å². The molecule has 158 valence electrons. The van der Waals surface area contributed by atoms with E-state index in [1.807, 2.05) is 0 Å². The largest absolute Gasteiger partial charge is 0.320 e. The van der Waals surface area contributed by atoms with Crippen LogP contribution in [0.15, 0.2) is 121 Å². The zero-order valence-electron chi connectivity index (χ0n) is 18.4. The molecule has 1 aliphatic carbocycles. The molecule has 0 amide bonds. The molecule has 0 saturated heterocycles. The van der Waals surface area contributed by atoms with Gasteiger partial charge in [-0.1, -0.05) is 103 Å². The average molecular weight is 424 g/mol. The molecule has 1 atom stereocenters. The Bertz CT molecular complexity index is 1450. The molecule has 0 aliphatic heterocycles. The Balaban J connectivity index is 1.34. The summed E-state index contributed by atoms with van der Waals surface area (Å²) in [6, 6.07) is 43.1. The number of rotatable bonds is 4. The second-order valence-electron chi connectivity index (χ2n) is 8.80. The van der Waals surface area contributed by atoms with Gasteiger partial charge in [0.15, 0.2) is 0 Å². The Kier molecular flexibility index (Phi) is 4.90. The highest BCUT2D eigenvalue weighted by Crippen LogP contribution is 2.38. The van der Waals surface area contributed by atoms with E-state index in [9.17, 15) is 0 Å². The van der Waals surface area contributed by atoms with Crippen LogP contribution in [-0.4, -0.2) is 0 Å². The normalized spacial score (nSPS) is 12.8. The summed E-state index contributed by atoms with van der Waals surface area (Å²) in [5.41, 5.74) is 19.4. The zero-order valence-corrected chi connectivity index (χ0v) is 18.4. The summed E-state index contributed by atoms with van der Waals surface area (Å²) in [5, 5.41) is 0. The smallest absolute Gasteiger partial charge is 0.0552 e. The van der Waals surface area contributed by atoms with E-state index in [-0.39, 0.29) is 6.04 Å². The first-order chi connectivity index (χ1) is 16.3.